The SMILES string of the molecule is CC(C)CN1C(=S)N[C@@H](c2ccccn2)[C@H]1c1ccc(Br)s1. The van der Waals surface area contributed by atoms with E-state index in [2.05, 4.69) is 63.2 Å². The van der Waals surface area contributed by atoms with Crippen LogP contribution in [0.3, 0.4) is 0 Å². The van der Waals surface area contributed by atoms with Crippen LogP contribution < -0.4 is 5.32 Å². The van der Waals surface area contributed by atoms with E-state index in [4.69, 9.17) is 12.2 Å². The second-order valence-electron chi connectivity index (χ2n) is 5.81. The molecule has 2 aromatic heterocycles. The van der Waals surface area contributed by atoms with E-state index in [1.54, 1.807) is 11.3 Å². The van der Waals surface area contributed by atoms with Crippen molar-refractivity contribution in [2.75, 3.05) is 6.54 Å². The van der Waals surface area contributed by atoms with E-state index in [1.165, 1.54) is 4.88 Å². The van der Waals surface area contributed by atoms with Gasteiger partial charge in [-0.05, 0) is 58.3 Å². The molecule has 0 saturated carbocycles. The van der Waals surface area contributed by atoms with Crippen LogP contribution in [0.5, 0.6) is 0 Å². The Bertz CT molecular complexity index is 656. The summed E-state index contributed by atoms with van der Waals surface area (Å²) < 4.78 is 1.14. The van der Waals surface area contributed by atoms with Gasteiger partial charge in [0.1, 0.15) is 0 Å². The van der Waals surface area contributed by atoms with Gasteiger partial charge >= 0.3 is 0 Å². The zero-order valence-electron chi connectivity index (χ0n) is 12.5. The molecule has 1 saturated heterocycles. The number of thiocarbonyl (C=S) groups is 1. The van der Waals surface area contributed by atoms with Crippen LogP contribution in [-0.4, -0.2) is 21.5 Å². The number of nitrogens with one attached hydrogen (secondary N) is 1. The van der Waals surface area contributed by atoms with Gasteiger partial charge in [-0.2, -0.15) is 0 Å². The van der Waals surface area contributed by atoms with Gasteiger partial charge in [0.2, 0.25) is 0 Å². The minimum Gasteiger partial charge on any atom is -0.352 e. The van der Waals surface area contributed by atoms with E-state index in [9.17, 15) is 0 Å². The largest absolute Gasteiger partial charge is 0.352 e. The molecule has 1 aliphatic heterocycles. The first-order valence-electron chi connectivity index (χ1n) is 7.29. The van der Waals surface area contributed by atoms with Gasteiger partial charge in [-0.1, -0.05) is 19.9 Å². The first-order chi connectivity index (χ1) is 10.6. The van der Waals surface area contributed by atoms with Crippen LogP contribution in [0.4, 0.5) is 0 Å². The van der Waals surface area contributed by atoms with Gasteiger partial charge in [0.05, 0.1) is 21.6 Å². The zero-order chi connectivity index (χ0) is 15.7. The number of pyridine rings is 1. The van der Waals surface area contributed by atoms with Crippen LogP contribution in [0.25, 0.3) is 0 Å². The fraction of sp³-hybridized carbons (Fsp3) is 0.375. The molecule has 1 fully saturated rings. The Morgan fingerprint density at radius 2 is 2.18 bits per heavy atom. The average molecular weight is 396 g/mol. The Hall–Kier alpha value is -0.980. The van der Waals surface area contributed by atoms with Crippen LogP contribution in [0, 0.1) is 5.92 Å². The maximum absolute atomic E-state index is 5.60. The smallest absolute Gasteiger partial charge is 0.170 e. The predicted molar refractivity (Wildman–Crippen MR) is 99.0 cm³/mol. The van der Waals surface area contributed by atoms with Gasteiger partial charge in [-0.25, -0.2) is 0 Å². The quantitative estimate of drug-likeness (QED) is 0.769. The summed E-state index contributed by atoms with van der Waals surface area (Å²) in [5, 5.41) is 4.29. The zero-order valence-corrected chi connectivity index (χ0v) is 15.7. The number of hydrogen-bond donors (Lipinski definition) is 1. The molecule has 6 heteroatoms. The first-order valence-corrected chi connectivity index (χ1v) is 9.31. The second kappa shape index (κ2) is 6.64. The Morgan fingerprint density at radius 1 is 1.36 bits per heavy atom. The molecule has 0 bridgehead atoms. The molecule has 116 valence electrons. The number of halogens is 1. The summed E-state index contributed by atoms with van der Waals surface area (Å²) in [7, 11) is 0. The van der Waals surface area contributed by atoms with Crippen LogP contribution in [0.2, 0.25) is 0 Å². The summed E-state index contributed by atoms with van der Waals surface area (Å²) in [4.78, 5) is 8.14. The summed E-state index contributed by atoms with van der Waals surface area (Å²) in [6, 6.07) is 10.6. The molecule has 3 heterocycles. The van der Waals surface area contributed by atoms with Crippen molar-refractivity contribution in [1.29, 1.82) is 0 Å². The third-order valence-electron chi connectivity index (χ3n) is 3.65. The highest BCUT2D eigenvalue weighted by atomic mass is 79.9. The lowest BCUT2D eigenvalue weighted by molar-refractivity contribution is 0.291. The van der Waals surface area contributed by atoms with Gasteiger partial charge in [0.25, 0.3) is 0 Å². The molecule has 0 unspecified atom stereocenters. The van der Waals surface area contributed by atoms with Crippen molar-refractivity contribution >= 4 is 44.6 Å². The minimum absolute atomic E-state index is 0.0954. The Labute approximate surface area is 148 Å². The minimum atomic E-state index is 0.0954. The van der Waals surface area contributed by atoms with Crippen LogP contribution in [0.15, 0.2) is 40.3 Å². The molecule has 0 spiro atoms. The fourth-order valence-corrected chi connectivity index (χ4v) is 4.68. The molecule has 2 atom stereocenters. The molecule has 22 heavy (non-hydrogen) atoms. The molecule has 2 aromatic rings. The van der Waals surface area contributed by atoms with Crippen LogP contribution in [-0.2, 0) is 0 Å². The molecule has 1 N–H and O–H groups in total. The third-order valence-corrected chi connectivity index (χ3v) is 5.69. The molecule has 3 rings (SSSR count). The summed E-state index contributed by atoms with van der Waals surface area (Å²) in [5.41, 5.74) is 1.03. The molecule has 1 aliphatic rings. The van der Waals surface area contributed by atoms with Gasteiger partial charge in [-0.15, -0.1) is 11.3 Å². The van der Waals surface area contributed by atoms with Gasteiger partial charge in [-0.3, -0.25) is 4.98 Å². The molecule has 3 nitrogen and oxygen atoms in total. The molecule has 0 radical (unpaired) electrons. The van der Waals surface area contributed by atoms with E-state index < -0.39 is 0 Å². The van der Waals surface area contributed by atoms with E-state index >= 15 is 0 Å². The monoisotopic (exact) mass is 395 g/mol. The Kier molecular flexibility index (Phi) is 4.80. The van der Waals surface area contributed by atoms with E-state index in [1.807, 2.05) is 18.3 Å². The number of nitrogens with zero attached hydrogens (tertiary/aromatic N) is 2. The van der Waals surface area contributed by atoms with Crippen molar-refractivity contribution in [2.45, 2.75) is 25.9 Å². The fourth-order valence-electron chi connectivity index (χ4n) is 2.79. The number of hydrogen-bond acceptors (Lipinski definition) is 3. The van der Waals surface area contributed by atoms with Gasteiger partial charge in [0.15, 0.2) is 5.11 Å². The van der Waals surface area contributed by atoms with Crippen molar-refractivity contribution in [2.24, 2.45) is 5.92 Å². The lowest BCUT2D eigenvalue weighted by Crippen LogP contribution is -2.32. The molecule has 0 aromatic carbocycles. The van der Waals surface area contributed by atoms with Crippen molar-refractivity contribution in [3.63, 3.8) is 0 Å². The number of aromatic nitrogens is 1. The lowest BCUT2D eigenvalue weighted by atomic mass is 10.0. The van der Waals surface area contributed by atoms with Gasteiger partial charge < -0.3 is 10.2 Å². The predicted octanol–water partition coefficient (Wildman–Crippen LogP) is 4.53. The summed E-state index contributed by atoms with van der Waals surface area (Å²) >= 11 is 10.9. The highest BCUT2D eigenvalue weighted by Gasteiger charge is 2.40. The normalized spacial score (nSPS) is 21.5. The van der Waals surface area contributed by atoms with Crippen molar-refractivity contribution < 1.29 is 0 Å². The topological polar surface area (TPSA) is 28.2 Å². The van der Waals surface area contributed by atoms with Crippen LogP contribution >= 0.6 is 39.5 Å². The van der Waals surface area contributed by atoms with E-state index in [0.29, 0.717) is 5.92 Å². The summed E-state index contributed by atoms with van der Waals surface area (Å²) in [6.07, 6.45) is 1.84. The summed E-state index contributed by atoms with van der Waals surface area (Å²) in [5.74, 6) is 0.549. The molecule has 0 aliphatic carbocycles. The maximum Gasteiger partial charge on any atom is 0.170 e. The number of rotatable bonds is 4. The standard InChI is InChI=1S/C16H18BrN3S2/c1-10(2)9-20-15(12-6-7-13(17)22-12)14(19-16(20)21)11-5-3-4-8-18-11/h3-8,10,14-15H,9H2,1-2H3,(H,19,21)/t14-,15+/m0/s1. The first kappa shape index (κ1) is 15.9. The van der Waals surface area contributed by atoms with Crippen molar-refractivity contribution in [1.82, 2.24) is 15.2 Å². The van der Waals surface area contributed by atoms with Crippen molar-refractivity contribution in [3.05, 3.63) is 50.9 Å². The maximum atomic E-state index is 5.60. The second-order valence-corrected chi connectivity index (χ2v) is 8.70. The molecular weight excluding hydrogens is 378 g/mol. The number of thiophene rings is 1. The van der Waals surface area contributed by atoms with E-state index in [0.717, 1.165) is 21.1 Å². The highest BCUT2D eigenvalue weighted by Crippen LogP contribution is 2.42. The van der Waals surface area contributed by atoms with Gasteiger partial charge in [0, 0.05) is 17.6 Å². The highest BCUT2D eigenvalue weighted by molar-refractivity contribution is 9.11. The third kappa shape index (κ3) is 3.19. The summed E-state index contributed by atoms with van der Waals surface area (Å²) in [6.45, 7) is 5.38. The molecule has 0 amide bonds. The Balaban J connectivity index is 2.00. The molecular formula is C16H18BrN3S2. The van der Waals surface area contributed by atoms with Crippen molar-refractivity contribution in [3.8, 4) is 0 Å². The van der Waals surface area contributed by atoms with Crippen LogP contribution in [0.1, 0.15) is 36.5 Å². The average Bonchev–Trinajstić information content (AvgIpc) is 3.04. The van der Waals surface area contributed by atoms with E-state index in [-0.39, 0.29) is 12.1 Å². The Morgan fingerprint density at radius 3 is 2.77 bits per heavy atom. The lowest BCUT2D eigenvalue weighted by Gasteiger charge is -2.28.